The van der Waals surface area contributed by atoms with Crippen molar-refractivity contribution in [2.75, 3.05) is 6.61 Å². The molecule has 4 N–H and O–H groups in total. The van der Waals surface area contributed by atoms with Crippen LogP contribution in [0.2, 0.25) is 0 Å². The summed E-state index contributed by atoms with van der Waals surface area (Å²) < 4.78 is 11.8. The van der Waals surface area contributed by atoms with Gasteiger partial charge in [0.2, 0.25) is 17.3 Å². The zero-order valence-electron chi connectivity index (χ0n) is 17.8. The topological polar surface area (TPSA) is 136 Å². The predicted octanol–water partition coefficient (Wildman–Crippen LogP) is 2.13. The van der Waals surface area contributed by atoms with Crippen LogP contribution in [0.25, 0.3) is 22.0 Å². The molecule has 4 rings (SSSR count). The van der Waals surface area contributed by atoms with Gasteiger partial charge in [0.15, 0.2) is 0 Å². The van der Waals surface area contributed by atoms with Crippen molar-refractivity contribution in [1.82, 2.24) is 15.3 Å². The lowest BCUT2D eigenvalue weighted by Gasteiger charge is -2.18. The fraction of sp³-hybridized carbons (Fsp3) is 0.304. The van der Waals surface area contributed by atoms with Crippen LogP contribution in [0, 0.1) is 0 Å². The number of amides is 2. The SMILES string of the molecule is CC(C)Oc1cc2c(OC[C@@H]3CCC(=O)N3)ncc(-c3cccc(=O)[nH]3)c2cc1C(N)=O. The number of H-pyrrole nitrogens is 1. The molecule has 1 atom stereocenters. The number of benzene rings is 1. The lowest BCUT2D eigenvalue weighted by Crippen LogP contribution is -2.31. The van der Waals surface area contributed by atoms with Crippen molar-refractivity contribution in [2.24, 2.45) is 5.73 Å². The normalized spacial score (nSPS) is 15.7. The van der Waals surface area contributed by atoms with E-state index in [-0.39, 0.29) is 35.8 Å². The van der Waals surface area contributed by atoms with Gasteiger partial charge in [-0.25, -0.2) is 4.98 Å². The summed E-state index contributed by atoms with van der Waals surface area (Å²) in [5, 5.41) is 4.08. The van der Waals surface area contributed by atoms with Gasteiger partial charge < -0.3 is 25.5 Å². The van der Waals surface area contributed by atoms with Gasteiger partial charge in [0, 0.05) is 29.6 Å². The summed E-state index contributed by atoms with van der Waals surface area (Å²) in [7, 11) is 0. The molecule has 2 amide bonds. The van der Waals surface area contributed by atoms with Gasteiger partial charge >= 0.3 is 0 Å². The summed E-state index contributed by atoms with van der Waals surface area (Å²) in [6, 6.07) is 8.00. The molecule has 9 heteroatoms. The molecule has 0 aliphatic carbocycles. The molecule has 32 heavy (non-hydrogen) atoms. The van der Waals surface area contributed by atoms with Crippen LogP contribution in [0.15, 0.2) is 41.3 Å². The van der Waals surface area contributed by atoms with Crippen LogP contribution in [0.3, 0.4) is 0 Å². The molecule has 0 saturated carbocycles. The van der Waals surface area contributed by atoms with E-state index in [1.807, 2.05) is 13.8 Å². The van der Waals surface area contributed by atoms with Crippen LogP contribution in [-0.4, -0.2) is 40.5 Å². The van der Waals surface area contributed by atoms with E-state index in [1.54, 1.807) is 30.5 Å². The van der Waals surface area contributed by atoms with Gasteiger partial charge in [-0.05, 0) is 43.9 Å². The van der Waals surface area contributed by atoms with Crippen molar-refractivity contribution in [3.8, 4) is 22.9 Å². The first-order valence-corrected chi connectivity index (χ1v) is 10.4. The molecule has 0 unspecified atom stereocenters. The average Bonchev–Trinajstić information content (AvgIpc) is 3.16. The van der Waals surface area contributed by atoms with Gasteiger partial charge in [-0.15, -0.1) is 0 Å². The van der Waals surface area contributed by atoms with Crippen molar-refractivity contribution in [2.45, 2.75) is 38.8 Å². The van der Waals surface area contributed by atoms with Crippen molar-refractivity contribution in [1.29, 1.82) is 0 Å². The molecule has 166 valence electrons. The Balaban J connectivity index is 1.86. The first-order valence-electron chi connectivity index (χ1n) is 10.4. The number of nitrogens with one attached hydrogen (secondary N) is 2. The van der Waals surface area contributed by atoms with Crippen LogP contribution >= 0.6 is 0 Å². The largest absolute Gasteiger partial charge is 0.490 e. The van der Waals surface area contributed by atoms with Crippen molar-refractivity contribution in [3.05, 3.63) is 52.4 Å². The second kappa shape index (κ2) is 8.70. The summed E-state index contributed by atoms with van der Waals surface area (Å²) in [6.45, 7) is 3.95. The highest BCUT2D eigenvalue weighted by atomic mass is 16.5. The quantitative estimate of drug-likeness (QED) is 0.519. The molecule has 1 saturated heterocycles. The van der Waals surface area contributed by atoms with Gasteiger partial charge in [-0.1, -0.05) is 6.07 Å². The summed E-state index contributed by atoms with van der Waals surface area (Å²) in [5.41, 5.74) is 6.72. The van der Waals surface area contributed by atoms with E-state index in [4.69, 9.17) is 15.2 Å². The fourth-order valence-corrected chi connectivity index (χ4v) is 3.70. The molecule has 0 radical (unpaired) electrons. The van der Waals surface area contributed by atoms with Crippen molar-refractivity contribution >= 4 is 22.6 Å². The third-order valence-corrected chi connectivity index (χ3v) is 5.14. The minimum Gasteiger partial charge on any atom is -0.490 e. The van der Waals surface area contributed by atoms with Crippen LogP contribution < -0.4 is 26.1 Å². The molecule has 1 aromatic carbocycles. The highest BCUT2D eigenvalue weighted by Gasteiger charge is 2.23. The number of aromatic amines is 1. The van der Waals surface area contributed by atoms with Crippen molar-refractivity contribution < 1.29 is 19.1 Å². The zero-order valence-corrected chi connectivity index (χ0v) is 17.8. The van der Waals surface area contributed by atoms with E-state index >= 15 is 0 Å². The maximum Gasteiger partial charge on any atom is 0.252 e. The third kappa shape index (κ3) is 4.41. The first kappa shape index (κ1) is 21.4. The molecule has 1 fully saturated rings. The second-order valence-electron chi connectivity index (χ2n) is 7.94. The Kier molecular flexibility index (Phi) is 5.81. The molecule has 2 aromatic heterocycles. The average molecular weight is 436 g/mol. The molecule has 0 bridgehead atoms. The summed E-state index contributed by atoms with van der Waals surface area (Å²) in [5.74, 6) is 0.00819. The van der Waals surface area contributed by atoms with E-state index in [0.29, 0.717) is 46.5 Å². The summed E-state index contributed by atoms with van der Waals surface area (Å²) in [6.07, 6.45) is 2.54. The molecule has 9 nitrogen and oxygen atoms in total. The fourth-order valence-electron chi connectivity index (χ4n) is 3.70. The van der Waals surface area contributed by atoms with E-state index in [2.05, 4.69) is 15.3 Å². The number of ether oxygens (including phenoxy) is 2. The van der Waals surface area contributed by atoms with Crippen LogP contribution in [0.5, 0.6) is 11.6 Å². The van der Waals surface area contributed by atoms with Crippen molar-refractivity contribution in [3.63, 3.8) is 0 Å². The smallest absolute Gasteiger partial charge is 0.252 e. The number of hydrogen-bond acceptors (Lipinski definition) is 6. The number of carbonyl (C=O) groups is 2. The second-order valence-corrected chi connectivity index (χ2v) is 7.94. The molecule has 1 aliphatic heterocycles. The van der Waals surface area contributed by atoms with Gasteiger partial charge in [-0.2, -0.15) is 0 Å². The van der Waals surface area contributed by atoms with Gasteiger partial charge in [0.05, 0.1) is 23.4 Å². The number of aromatic nitrogens is 2. The molecule has 3 aromatic rings. The Morgan fingerprint density at radius 1 is 1.25 bits per heavy atom. The lowest BCUT2D eigenvalue weighted by molar-refractivity contribution is -0.119. The number of nitrogens with zero attached hydrogens (tertiary/aromatic N) is 1. The minimum absolute atomic E-state index is 0.00137. The monoisotopic (exact) mass is 436 g/mol. The summed E-state index contributed by atoms with van der Waals surface area (Å²) in [4.78, 5) is 42.7. The highest BCUT2D eigenvalue weighted by molar-refractivity contribution is 6.06. The van der Waals surface area contributed by atoms with E-state index in [1.165, 1.54) is 6.07 Å². The Morgan fingerprint density at radius 2 is 2.06 bits per heavy atom. The molecule has 1 aliphatic rings. The van der Waals surface area contributed by atoms with E-state index < -0.39 is 5.91 Å². The summed E-state index contributed by atoms with van der Waals surface area (Å²) >= 11 is 0. The Morgan fingerprint density at radius 3 is 2.72 bits per heavy atom. The van der Waals surface area contributed by atoms with Gasteiger partial charge in [-0.3, -0.25) is 14.4 Å². The maximum atomic E-state index is 12.2. The van der Waals surface area contributed by atoms with Crippen LogP contribution in [0.4, 0.5) is 0 Å². The molecular formula is C23H24N4O5. The lowest BCUT2D eigenvalue weighted by atomic mass is 10.0. The molecule has 3 heterocycles. The number of fused-ring (bicyclic) bond motifs is 1. The van der Waals surface area contributed by atoms with Crippen LogP contribution in [0.1, 0.15) is 37.0 Å². The maximum absolute atomic E-state index is 12.2. The third-order valence-electron chi connectivity index (χ3n) is 5.14. The number of nitrogens with two attached hydrogens (primary N) is 1. The molecule has 0 spiro atoms. The van der Waals surface area contributed by atoms with Gasteiger partial charge in [0.1, 0.15) is 12.4 Å². The zero-order chi connectivity index (χ0) is 22.8. The number of pyridine rings is 2. The first-order chi connectivity index (χ1) is 15.3. The Hall–Kier alpha value is -3.88. The number of hydrogen-bond donors (Lipinski definition) is 3. The van der Waals surface area contributed by atoms with E-state index in [0.717, 1.165) is 0 Å². The standard InChI is InChI=1S/C23H24N4O5/c1-12(2)32-19-9-15-14(8-16(19)22(24)30)17(18-4-3-5-20(28)27-18)10-25-23(15)31-11-13-6-7-21(29)26-13/h3-5,8-10,12-13H,6-7,11H2,1-2H3,(H2,24,30)(H,26,29)(H,27,28)/t13-/m0/s1. The Bertz CT molecular complexity index is 1250. The number of carbonyl (C=O) groups excluding carboxylic acids is 2. The minimum atomic E-state index is -0.636. The van der Waals surface area contributed by atoms with Crippen LogP contribution in [-0.2, 0) is 4.79 Å². The predicted molar refractivity (Wildman–Crippen MR) is 119 cm³/mol. The number of rotatable bonds is 7. The highest BCUT2D eigenvalue weighted by Crippen LogP contribution is 2.36. The molecular weight excluding hydrogens is 412 g/mol. The van der Waals surface area contributed by atoms with E-state index in [9.17, 15) is 14.4 Å². The Labute approximate surface area is 183 Å². The van der Waals surface area contributed by atoms with Gasteiger partial charge in [0.25, 0.3) is 5.91 Å². The number of primary amides is 1.